The average molecular weight is 311 g/mol. The molecule has 1 aromatic heterocycles. The summed E-state index contributed by atoms with van der Waals surface area (Å²) in [6.07, 6.45) is 1.39. The number of halogens is 4. The summed E-state index contributed by atoms with van der Waals surface area (Å²) in [6, 6.07) is 3.38. The fraction of sp³-hybridized carbons (Fsp3) is 0.222. The van der Waals surface area contributed by atoms with E-state index in [4.69, 9.17) is 0 Å². The summed E-state index contributed by atoms with van der Waals surface area (Å²) in [6.45, 7) is 0. The fourth-order valence-corrected chi connectivity index (χ4v) is 2.77. The summed E-state index contributed by atoms with van der Waals surface area (Å²) >= 11 is 3.04. The molecule has 0 amide bonds. The molecule has 0 saturated carbocycles. The summed E-state index contributed by atoms with van der Waals surface area (Å²) in [5.41, 5.74) is -2.75. The maximum absolute atomic E-state index is 12.4. The summed E-state index contributed by atoms with van der Waals surface area (Å²) in [7, 11) is 0. The number of nitrogens with one attached hydrogen (secondary N) is 1. The Morgan fingerprint density at radius 2 is 2.12 bits per heavy atom. The lowest BCUT2D eigenvalue weighted by Crippen LogP contribution is -2.01. The molecule has 0 radical (unpaired) electrons. The van der Waals surface area contributed by atoms with Crippen molar-refractivity contribution < 1.29 is 13.2 Å². The second-order valence-corrected chi connectivity index (χ2v) is 4.67. The van der Waals surface area contributed by atoms with Crippen LogP contribution in [-0.2, 0) is 5.33 Å². The smallest absolute Gasteiger partial charge is 0.345 e. The average Bonchev–Trinajstić information content (AvgIpc) is 2.64. The Balaban J connectivity index is 2.57. The maximum atomic E-state index is 12.4. The van der Waals surface area contributed by atoms with Gasteiger partial charge >= 0.3 is 5.51 Å². The highest BCUT2D eigenvalue weighted by molar-refractivity contribution is 9.08. The van der Waals surface area contributed by atoms with Crippen LogP contribution < -0.4 is 0 Å². The van der Waals surface area contributed by atoms with Gasteiger partial charge in [-0.1, -0.05) is 22.0 Å². The van der Waals surface area contributed by atoms with Crippen molar-refractivity contribution >= 4 is 38.7 Å². The van der Waals surface area contributed by atoms with Crippen LogP contribution in [0.25, 0.3) is 11.0 Å². The molecule has 0 spiro atoms. The van der Waals surface area contributed by atoms with Crippen LogP contribution in [0.15, 0.2) is 23.4 Å². The molecule has 0 aliphatic heterocycles. The summed E-state index contributed by atoms with van der Waals surface area (Å²) in [4.78, 5) is 6.86. The van der Waals surface area contributed by atoms with Crippen LogP contribution in [0.5, 0.6) is 0 Å². The van der Waals surface area contributed by atoms with Crippen LogP contribution in [0.1, 0.15) is 5.56 Å². The number of aromatic nitrogens is 2. The van der Waals surface area contributed by atoms with Crippen molar-refractivity contribution in [3.63, 3.8) is 0 Å². The normalized spacial score (nSPS) is 12.2. The maximum Gasteiger partial charge on any atom is 0.446 e. The minimum atomic E-state index is -4.30. The van der Waals surface area contributed by atoms with Crippen molar-refractivity contribution in [2.45, 2.75) is 15.7 Å². The van der Waals surface area contributed by atoms with Gasteiger partial charge in [-0.15, -0.1) is 0 Å². The fourth-order valence-electron chi connectivity index (χ4n) is 1.36. The van der Waals surface area contributed by atoms with E-state index in [9.17, 15) is 13.2 Å². The first-order chi connectivity index (χ1) is 7.51. The topological polar surface area (TPSA) is 28.7 Å². The van der Waals surface area contributed by atoms with E-state index in [1.807, 2.05) is 0 Å². The molecule has 0 unspecified atom stereocenters. The second-order valence-electron chi connectivity index (χ2n) is 3.03. The number of thioether (sulfide) groups is 1. The first kappa shape index (κ1) is 11.8. The first-order valence-electron chi connectivity index (χ1n) is 4.28. The lowest BCUT2D eigenvalue weighted by molar-refractivity contribution is -0.0328. The molecule has 86 valence electrons. The van der Waals surface area contributed by atoms with Gasteiger partial charge < -0.3 is 4.98 Å². The lowest BCUT2D eigenvalue weighted by atomic mass is 10.2. The molecule has 0 aliphatic carbocycles. The van der Waals surface area contributed by atoms with Crippen LogP contribution in [0.4, 0.5) is 13.2 Å². The summed E-state index contributed by atoms with van der Waals surface area (Å²) < 4.78 is 37.2. The van der Waals surface area contributed by atoms with Crippen LogP contribution in [0.2, 0.25) is 0 Å². The minimum absolute atomic E-state index is 0.126. The predicted molar refractivity (Wildman–Crippen MR) is 60.6 cm³/mol. The zero-order valence-electron chi connectivity index (χ0n) is 7.81. The number of hydrogen-bond acceptors (Lipinski definition) is 2. The molecule has 1 heterocycles. The predicted octanol–water partition coefficient (Wildman–Crippen LogP) is 4.07. The number of rotatable bonds is 2. The van der Waals surface area contributed by atoms with Crippen molar-refractivity contribution in [3.8, 4) is 0 Å². The van der Waals surface area contributed by atoms with Gasteiger partial charge in [0.05, 0.1) is 11.8 Å². The number of aromatic amines is 1. The van der Waals surface area contributed by atoms with E-state index in [0.717, 1.165) is 0 Å². The van der Waals surface area contributed by atoms with Crippen LogP contribution >= 0.6 is 27.7 Å². The van der Waals surface area contributed by atoms with Gasteiger partial charge in [-0.3, -0.25) is 0 Å². The monoisotopic (exact) mass is 310 g/mol. The second kappa shape index (κ2) is 4.29. The molecule has 0 aliphatic rings. The quantitative estimate of drug-likeness (QED) is 0.669. The van der Waals surface area contributed by atoms with E-state index < -0.39 is 5.51 Å². The molecule has 0 fully saturated rings. The summed E-state index contributed by atoms with van der Waals surface area (Å²) in [5.74, 6) is 0. The van der Waals surface area contributed by atoms with Crippen LogP contribution in [0.3, 0.4) is 0 Å². The molecule has 16 heavy (non-hydrogen) atoms. The molecule has 2 aromatic rings. The molecule has 0 saturated heterocycles. The number of alkyl halides is 4. The molecular formula is C9H6BrF3N2S. The number of H-pyrrole nitrogens is 1. The van der Waals surface area contributed by atoms with Crippen molar-refractivity contribution in [1.29, 1.82) is 0 Å². The van der Waals surface area contributed by atoms with E-state index in [1.165, 1.54) is 6.33 Å². The van der Waals surface area contributed by atoms with Gasteiger partial charge in [0.2, 0.25) is 0 Å². The molecule has 1 aromatic carbocycles. The van der Waals surface area contributed by atoms with Gasteiger partial charge in [0.25, 0.3) is 0 Å². The number of benzene rings is 1. The number of fused-ring (bicyclic) bond motifs is 1. The van der Waals surface area contributed by atoms with E-state index in [2.05, 4.69) is 25.9 Å². The Morgan fingerprint density at radius 3 is 2.75 bits per heavy atom. The van der Waals surface area contributed by atoms with E-state index in [-0.39, 0.29) is 16.7 Å². The highest BCUT2D eigenvalue weighted by Crippen LogP contribution is 2.41. The standard InChI is InChI=1S/C9H6BrF3N2S/c10-3-5-1-2-6-7(15-4-14-6)8(5)16-9(11,12)13/h1-2,4H,3H2,(H,14,15). The van der Waals surface area contributed by atoms with E-state index in [0.29, 0.717) is 21.9 Å². The molecule has 1 N–H and O–H groups in total. The van der Waals surface area contributed by atoms with Gasteiger partial charge in [-0.2, -0.15) is 13.2 Å². The third-order valence-electron chi connectivity index (χ3n) is 1.99. The van der Waals surface area contributed by atoms with Crippen molar-refractivity contribution in [2.75, 3.05) is 0 Å². The number of nitrogens with zero attached hydrogens (tertiary/aromatic N) is 1. The lowest BCUT2D eigenvalue weighted by Gasteiger charge is -2.09. The third kappa shape index (κ3) is 2.35. The Bertz CT molecular complexity index is 509. The SMILES string of the molecule is FC(F)(F)Sc1c(CBr)ccc2[nH]cnc12. The zero-order valence-corrected chi connectivity index (χ0v) is 10.2. The largest absolute Gasteiger partial charge is 0.446 e. The van der Waals surface area contributed by atoms with E-state index >= 15 is 0 Å². The Kier molecular flexibility index (Phi) is 3.16. The molecule has 0 bridgehead atoms. The summed E-state index contributed by atoms with van der Waals surface area (Å²) in [5, 5.41) is 0.369. The van der Waals surface area contributed by atoms with Gasteiger partial charge in [0.15, 0.2) is 0 Å². The Labute approximate surface area is 102 Å². The van der Waals surface area contributed by atoms with Crippen molar-refractivity contribution in [1.82, 2.24) is 9.97 Å². The highest BCUT2D eigenvalue weighted by atomic mass is 79.9. The third-order valence-corrected chi connectivity index (χ3v) is 3.48. The van der Waals surface area contributed by atoms with Gasteiger partial charge in [0.1, 0.15) is 5.52 Å². The van der Waals surface area contributed by atoms with Crippen molar-refractivity contribution in [3.05, 3.63) is 24.0 Å². The first-order valence-corrected chi connectivity index (χ1v) is 6.22. The van der Waals surface area contributed by atoms with Gasteiger partial charge in [-0.25, -0.2) is 4.98 Å². The molecule has 0 atom stereocenters. The molecule has 7 heteroatoms. The van der Waals surface area contributed by atoms with E-state index in [1.54, 1.807) is 12.1 Å². The Hall–Kier alpha value is -0.690. The van der Waals surface area contributed by atoms with Crippen molar-refractivity contribution in [2.24, 2.45) is 0 Å². The molecule has 2 nitrogen and oxygen atoms in total. The number of hydrogen-bond donors (Lipinski definition) is 1. The minimum Gasteiger partial charge on any atom is -0.345 e. The molecular weight excluding hydrogens is 305 g/mol. The van der Waals surface area contributed by atoms with Gasteiger partial charge in [-0.05, 0) is 23.4 Å². The number of imidazole rings is 1. The Morgan fingerprint density at radius 1 is 1.38 bits per heavy atom. The zero-order chi connectivity index (χ0) is 11.8. The van der Waals surface area contributed by atoms with Gasteiger partial charge in [0, 0.05) is 10.2 Å². The molecule has 2 rings (SSSR count). The van der Waals surface area contributed by atoms with Crippen LogP contribution in [-0.4, -0.2) is 15.5 Å². The van der Waals surface area contributed by atoms with Crippen LogP contribution in [0, 0.1) is 0 Å². The highest BCUT2D eigenvalue weighted by Gasteiger charge is 2.31.